The molecule has 14 heteroatoms. The zero-order chi connectivity index (χ0) is 43.8. The molecule has 0 amide bonds. The third kappa shape index (κ3) is 7.48. The summed E-state index contributed by atoms with van der Waals surface area (Å²) in [6, 6.07) is 0. The highest BCUT2D eigenvalue weighted by Crippen LogP contribution is 2.53. The van der Waals surface area contributed by atoms with Gasteiger partial charge in [-0.15, -0.1) is 0 Å². The smallest absolute Gasteiger partial charge is 0.331 e. The van der Waals surface area contributed by atoms with E-state index in [9.17, 15) is 14.7 Å². The van der Waals surface area contributed by atoms with Gasteiger partial charge in [-0.3, -0.25) is 4.79 Å². The van der Waals surface area contributed by atoms with Crippen molar-refractivity contribution in [1.29, 1.82) is 0 Å². The first kappa shape index (κ1) is 43.5. The van der Waals surface area contributed by atoms with Crippen LogP contribution in [-0.4, -0.2) is 150 Å². The summed E-state index contributed by atoms with van der Waals surface area (Å²) in [4.78, 5) is 23.5. The first-order valence-corrected chi connectivity index (χ1v) is 24.0. The summed E-state index contributed by atoms with van der Waals surface area (Å²) in [5, 5.41) is 11.4. The van der Waals surface area contributed by atoms with Crippen molar-refractivity contribution in [2.75, 3.05) is 0 Å². The Hall–Kier alpha value is -2.08. The number of hydrogen-bond donors (Lipinski definition) is 1. The highest BCUT2D eigenvalue weighted by Gasteiger charge is 2.63. The van der Waals surface area contributed by atoms with Gasteiger partial charge in [0.2, 0.25) is 0 Å². The van der Waals surface area contributed by atoms with Crippen LogP contribution in [-0.2, 0) is 61.7 Å². The Balaban J connectivity index is 0.763. The molecule has 9 saturated heterocycles. The van der Waals surface area contributed by atoms with Gasteiger partial charge in [-0.05, 0) is 77.4 Å². The van der Waals surface area contributed by atoms with E-state index in [2.05, 4.69) is 46.4 Å². The summed E-state index contributed by atoms with van der Waals surface area (Å²) in [6.45, 7) is 16.5. The van der Waals surface area contributed by atoms with Gasteiger partial charge in [0, 0.05) is 57.4 Å². The molecule has 11 aliphatic rings. The van der Waals surface area contributed by atoms with Crippen LogP contribution in [0.25, 0.3) is 0 Å². The molecule has 1 N–H and O–H groups in total. The van der Waals surface area contributed by atoms with E-state index in [1.54, 1.807) is 6.08 Å². The lowest BCUT2D eigenvalue weighted by atomic mass is 9.75. The van der Waals surface area contributed by atoms with E-state index >= 15 is 0 Å². The zero-order valence-electron chi connectivity index (χ0n) is 37.7. The fourth-order valence-corrected chi connectivity index (χ4v) is 13.8. The van der Waals surface area contributed by atoms with Crippen molar-refractivity contribution in [2.24, 2.45) is 5.92 Å². The van der Waals surface area contributed by atoms with Gasteiger partial charge in [-0.25, -0.2) is 4.79 Å². The molecule has 0 aromatic heterocycles. The van der Waals surface area contributed by atoms with Gasteiger partial charge in [0.05, 0.1) is 108 Å². The van der Waals surface area contributed by atoms with Crippen LogP contribution < -0.4 is 0 Å². The number of rotatable bonds is 3. The molecule has 11 heterocycles. The van der Waals surface area contributed by atoms with E-state index in [4.69, 9.17) is 52.1 Å². The quantitative estimate of drug-likeness (QED) is 0.173. The number of hydrogen-bond acceptors (Lipinski definition) is 14. The Labute approximate surface area is 370 Å². The number of fused-ring (bicyclic) bond motifs is 10. The average molecular weight is 881 g/mol. The number of ether oxygens (including phenoxy) is 11. The summed E-state index contributed by atoms with van der Waals surface area (Å²) in [5.74, 6) is -0.138. The number of carbonyl (C=O) groups excluding carboxylic acids is 2. The lowest BCUT2D eigenvalue weighted by Crippen LogP contribution is -2.68. The van der Waals surface area contributed by atoms with Crippen LogP contribution in [0.3, 0.4) is 0 Å². The second kappa shape index (κ2) is 15.8. The minimum absolute atomic E-state index is 0.112. The minimum atomic E-state index is -0.903. The molecule has 0 aliphatic carbocycles. The van der Waals surface area contributed by atoms with Crippen LogP contribution in [0, 0.1) is 5.92 Å². The van der Waals surface area contributed by atoms with E-state index in [-0.39, 0.29) is 116 Å². The zero-order valence-corrected chi connectivity index (χ0v) is 37.7. The molecule has 23 atom stereocenters. The maximum Gasteiger partial charge on any atom is 0.331 e. The standard InChI is InChI=1S/C49H68O14/c1-24(23-50)13-27-16-38(51)49(7)42(53-27)18-33-34(61-49)17-32-28(54-33)9-8-10-29-36(56-32)22-48(6)41(57-29)20-40-46(4,63-48)12-11-30-44(60-40)25(2)14-31-37(55-30)21-47(5)39(58-31)19-35-45(62-47)26(3)15-43(52)59-35/h8-9,15,23,25,27-42,44-45,51H,1,10-14,16-22H2,2-7H3/b9-8-/t25-,27-,28-,29+,30+,31+,32+,33+,34-,35+,36-,37-,38+,39-,40+,41-,42-,44-,45-,46-,47+,48+,49+/m1/s1. The topological polar surface area (TPSA) is 156 Å². The van der Waals surface area contributed by atoms with Crippen molar-refractivity contribution in [2.45, 2.75) is 251 Å². The fourth-order valence-electron chi connectivity index (χ4n) is 13.8. The van der Waals surface area contributed by atoms with Crippen LogP contribution >= 0.6 is 0 Å². The minimum Gasteiger partial charge on any atom is -0.456 e. The molecule has 0 unspecified atom stereocenters. The Bertz CT molecular complexity index is 1890. The molecule has 0 aromatic rings. The molecule has 14 nitrogen and oxygen atoms in total. The Kier molecular flexibility index (Phi) is 10.9. The molecule has 348 valence electrons. The molecule has 0 saturated carbocycles. The van der Waals surface area contributed by atoms with Crippen LogP contribution in [0.4, 0.5) is 0 Å². The Morgan fingerprint density at radius 1 is 0.746 bits per heavy atom. The van der Waals surface area contributed by atoms with E-state index in [0.717, 1.165) is 31.1 Å². The van der Waals surface area contributed by atoms with Gasteiger partial charge in [0.25, 0.3) is 0 Å². The van der Waals surface area contributed by atoms with Crippen molar-refractivity contribution >= 4 is 12.3 Å². The van der Waals surface area contributed by atoms with Gasteiger partial charge >= 0.3 is 5.97 Å². The van der Waals surface area contributed by atoms with Crippen molar-refractivity contribution in [3.8, 4) is 0 Å². The number of aliphatic hydroxyl groups excluding tert-OH is 1. The first-order chi connectivity index (χ1) is 30.0. The van der Waals surface area contributed by atoms with Crippen LogP contribution in [0.2, 0.25) is 0 Å². The number of carbonyl (C=O) groups is 2. The summed E-state index contributed by atoms with van der Waals surface area (Å²) in [7, 11) is 0. The van der Waals surface area contributed by atoms with Gasteiger partial charge in [0.15, 0.2) is 0 Å². The monoisotopic (exact) mass is 880 g/mol. The lowest BCUT2D eigenvalue weighted by molar-refractivity contribution is -0.342. The van der Waals surface area contributed by atoms with Crippen molar-refractivity contribution in [1.82, 2.24) is 0 Å². The highest BCUT2D eigenvalue weighted by atomic mass is 16.6. The van der Waals surface area contributed by atoms with E-state index in [0.29, 0.717) is 63.4 Å². The third-order valence-corrected chi connectivity index (χ3v) is 17.3. The van der Waals surface area contributed by atoms with Crippen molar-refractivity contribution in [3.63, 3.8) is 0 Å². The largest absolute Gasteiger partial charge is 0.456 e. The van der Waals surface area contributed by atoms with Gasteiger partial charge in [-0.2, -0.15) is 0 Å². The average Bonchev–Trinajstić information content (AvgIpc) is 3.42. The molecule has 11 rings (SSSR count). The third-order valence-electron chi connectivity index (χ3n) is 17.3. The van der Waals surface area contributed by atoms with Crippen LogP contribution in [0.15, 0.2) is 36.0 Å². The normalized spacial score (nSPS) is 56.5. The van der Waals surface area contributed by atoms with Gasteiger partial charge in [0.1, 0.15) is 30.2 Å². The van der Waals surface area contributed by atoms with Crippen LogP contribution in [0.5, 0.6) is 0 Å². The van der Waals surface area contributed by atoms with E-state index in [1.165, 1.54) is 0 Å². The van der Waals surface area contributed by atoms with Gasteiger partial charge in [-0.1, -0.05) is 25.7 Å². The molecular formula is C49H68O14. The number of esters is 1. The second-order valence-electron chi connectivity index (χ2n) is 22.0. The summed E-state index contributed by atoms with van der Waals surface area (Å²) < 4.78 is 75.1. The Morgan fingerprint density at radius 2 is 1.46 bits per heavy atom. The molecule has 0 aromatic carbocycles. The predicted octanol–water partition coefficient (Wildman–Crippen LogP) is 5.08. The molecule has 11 aliphatic heterocycles. The van der Waals surface area contributed by atoms with E-state index in [1.807, 2.05) is 13.8 Å². The number of aldehydes is 1. The molecule has 0 radical (unpaired) electrons. The molecule has 9 fully saturated rings. The molecule has 0 spiro atoms. The van der Waals surface area contributed by atoms with Crippen molar-refractivity contribution < 1.29 is 66.8 Å². The highest BCUT2D eigenvalue weighted by molar-refractivity contribution is 5.84. The van der Waals surface area contributed by atoms with E-state index < -0.39 is 28.5 Å². The lowest BCUT2D eigenvalue weighted by Gasteiger charge is -2.58. The number of aliphatic hydroxyl groups is 1. The summed E-state index contributed by atoms with van der Waals surface area (Å²) in [5.41, 5.74) is -1.29. The maximum absolute atomic E-state index is 12.3. The molecule has 63 heavy (non-hydrogen) atoms. The SMILES string of the molecule is C=C(C=O)C[C@@H]1C[C@H](O)[C@]2(C)O[C@@H]3C[C@@H]4O[C@@H]5C[C@]6(C)O[C@]7(C)CC[C@@H]8O[C@@H]9C[C@]%10(C)O[C@@H]%11C(C)=CC(=O)O[C@H]%11C[C@H]%10O[C@H]9C[C@@H](C)[C@H]8O[C@H]7C[C@H]6O[C@H]5C/C=C\[C@H]4O[C@H]3C[C@H]2O1. The summed E-state index contributed by atoms with van der Waals surface area (Å²) >= 11 is 0. The fraction of sp³-hybridized carbons (Fsp3) is 0.837. The second-order valence-corrected chi connectivity index (χ2v) is 22.0. The predicted molar refractivity (Wildman–Crippen MR) is 224 cm³/mol. The summed E-state index contributed by atoms with van der Waals surface area (Å²) in [6.07, 6.45) is 9.72. The Morgan fingerprint density at radius 3 is 2.29 bits per heavy atom. The molecular weight excluding hydrogens is 813 g/mol. The van der Waals surface area contributed by atoms with Crippen molar-refractivity contribution in [3.05, 3.63) is 36.0 Å². The molecule has 0 bridgehead atoms. The van der Waals surface area contributed by atoms with Gasteiger partial charge < -0.3 is 57.2 Å². The van der Waals surface area contributed by atoms with Crippen LogP contribution in [0.1, 0.15) is 119 Å². The maximum atomic E-state index is 12.3. The first-order valence-electron chi connectivity index (χ1n) is 24.0.